The maximum Gasteiger partial charge on any atom is 0.250 e. The topological polar surface area (TPSA) is 58.2 Å². The zero-order valence-corrected chi connectivity index (χ0v) is 11.5. The number of piperidine rings is 1. The van der Waals surface area contributed by atoms with Gasteiger partial charge in [-0.25, -0.2) is 13.1 Å². The van der Waals surface area contributed by atoms with Crippen molar-refractivity contribution >= 4 is 21.4 Å². The molecule has 1 aromatic rings. The number of nitrogens with one attached hydrogen (secondary N) is 2. The summed E-state index contributed by atoms with van der Waals surface area (Å²) in [5.74, 6) is 0.465. The van der Waals surface area contributed by atoms with Crippen molar-refractivity contribution in [3.05, 3.63) is 17.0 Å². The van der Waals surface area contributed by atoms with Gasteiger partial charge in [0.1, 0.15) is 4.21 Å². The highest BCUT2D eigenvalue weighted by molar-refractivity contribution is 7.91. The first kappa shape index (κ1) is 13.0. The van der Waals surface area contributed by atoms with Gasteiger partial charge in [-0.1, -0.05) is 0 Å². The van der Waals surface area contributed by atoms with E-state index in [1.165, 1.54) is 11.3 Å². The van der Waals surface area contributed by atoms with Gasteiger partial charge in [0.15, 0.2) is 0 Å². The summed E-state index contributed by atoms with van der Waals surface area (Å²) in [6, 6.07) is 3.51. The average Bonchev–Trinajstić information content (AvgIpc) is 2.76. The van der Waals surface area contributed by atoms with Crippen LogP contribution in [-0.2, 0) is 10.0 Å². The summed E-state index contributed by atoms with van der Waals surface area (Å²) in [6.45, 7) is 4.45. The van der Waals surface area contributed by atoms with Gasteiger partial charge in [0.25, 0.3) is 0 Å². The van der Waals surface area contributed by atoms with E-state index in [0.717, 1.165) is 30.8 Å². The number of sulfonamides is 1. The third kappa shape index (κ3) is 3.51. The van der Waals surface area contributed by atoms with Crippen LogP contribution in [0.2, 0.25) is 0 Å². The monoisotopic (exact) mass is 274 g/mol. The molecule has 0 aliphatic carbocycles. The Labute approximate surface area is 106 Å². The van der Waals surface area contributed by atoms with E-state index < -0.39 is 10.0 Å². The minimum Gasteiger partial charge on any atom is -0.317 e. The fraction of sp³-hybridized carbons (Fsp3) is 0.636. The molecule has 1 saturated heterocycles. The van der Waals surface area contributed by atoms with Crippen LogP contribution in [0.1, 0.15) is 17.7 Å². The molecule has 2 N–H and O–H groups in total. The number of thiophene rings is 1. The molecule has 0 amide bonds. The third-order valence-corrected chi connectivity index (χ3v) is 5.92. The Bertz CT molecular complexity index is 462. The van der Waals surface area contributed by atoms with Crippen LogP contribution in [0, 0.1) is 12.8 Å². The molecule has 6 heteroatoms. The van der Waals surface area contributed by atoms with Gasteiger partial charge >= 0.3 is 0 Å². The molecule has 2 heterocycles. The highest BCUT2D eigenvalue weighted by Gasteiger charge is 2.19. The van der Waals surface area contributed by atoms with E-state index >= 15 is 0 Å². The van der Waals surface area contributed by atoms with Crippen molar-refractivity contribution in [3.8, 4) is 0 Å². The van der Waals surface area contributed by atoms with Crippen LogP contribution in [0.3, 0.4) is 0 Å². The minimum atomic E-state index is -3.29. The Hall–Kier alpha value is -0.430. The molecule has 0 atom stereocenters. The normalized spacial score (nSPS) is 18.4. The van der Waals surface area contributed by atoms with Crippen LogP contribution in [0.4, 0.5) is 0 Å². The maximum atomic E-state index is 12.0. The van der Waals surface area contributed by atoms with Gasteiger partial charge in [0.2, 0.25) is 10.0 Å². The van der Waals surface area contributed by atoms with Gasteiger partial charge in [-0.15, -0.1) is 11.3 Å². The number of hydrogen-bond acceptors (Lipinski definition) is 4. The lowest BCUT2D eigenvalue weighted by molar-refractivity contribution is 0.372. The van der Waals surface area contributed by atoms with Crippen LogP contribution in [-0.4, -0.2) is 28.1 Å². The number of rotatable bonds is 4. The summed E-state index contributed by atoms with van der Waals surface area (Å²) in [5, 5.41) is 3.27. The fourth-order valence-electron chi connectivity index (χ4n) is 1.94. The predicted octanol–water partition coefficient (Wildman–Crippen LogP) is 1.33. The van der Waals surface area contributed by atoms with Gasteiger partial charge in [0.05, 0.1) is 0 Å². The standard InChI is InChI=1S/C11H18N2O2S2/c1-9-2-3-11(16-9)17(14,15)13-8-10-4-6-12-7-5-10/h2-3,10,12-13H,4-8H2,1H3. The van der Waals surface area contributed by atoms with Crippen LogP contribution in [0.15, 0.2) is 16.3 Å². The van der Waals surface area contributed by atoms with Crippen LogP contribution >= 0.6 is 11.3 Å². The van der Waals surface area contributed by atoms with Gasteiger partial charge in [-0.2, -0.15) is 0 Å². The first-order chi connectivity index (χ1) is 8.08. The Morgan fingerprint density at radius 1 is 1.41 bits per heavy atom. The van der Waals surface area contributed by atoms with E-state index in [1.54, 1.807) is 6.07 Å². The summed E-state index contributed by atoms with van der Waals surface area (Å²) in [4.78, 5) is 1.02. The Balaban J connectivity index is 1.93. The highest BCUT2D eigenvalue weighted by atomic mass is 32.2. The van der Waals surface area contributed by atoms with E-state index in [1.807, 2.05) is 13.0 Å². The molecule has 0 spiro atoms. The van der Waals surface area contributed by atoms with Crippen molar-refractivity contribution in [1.29, 1.82) is 0 Å². The molecule has 0 bridgehead atoms. The van der Waals surface area contributed by atoms with Gasteiger partial charge < -0.3 is 5.32 Å². The fourth-order valence-corrected chi connectivity index (χ4v) is 4.39. The van der Waals surface area contributed by atoms with Crippen molar-refractivity contribution < 1.29 is 8.42 Å². The summed E-state index contributed by atoms with van der Waals surface area (Å²) in [6.07, 6.45) is 2.10. The summed E-state index contributed by atoms with van der Waals surface area (Å²) < 4.78 is 27.1. The molecule has 4 nitrogen and oxygen atoms in total. The first-order valence-electron chi connectivity index (χ1n) is 5.85. The second kappa shape index (κ2) is 5.48. The molecule has 0 saturated carbocycles. The molecule has 1 fully saturated rings. The molecule has 17 heavy (non-hydrogen) atoms. The molecule has 0 unspecified atom stereocenters. The van der Waals surface area contributed by atoms with E-state index in [9.17, 15) is 8.42 Å². The Morgan fingerprint density at radius 3 is 2.71 bits per heavy atom. The van der Waals surface area contributed by atoms with E-state index in [2.05, 4.69) is 10.0 Å². The molecule has 1 aromatic heterocycles. The van der Waals surface area contributed by atoms with Crippen molar-refractivity contribution in [3.63, 3.8) is 0 Å². The van der Waals surface area contributed by atoms with Crippen LogP contribution in [0.25, 0.3) is 0 Å². The second-order valence-corrected chi connectivity index (χ2v) is 7.69. The smallest absolute Gasteiger partial charge is 0.250 e. The second-order valence-electron chi connectivity index (χ2n) is 4.41. The molecule has 1 aliphatic rings. The Kier molecular flexibility index (Phi) is 4.19. The molecule has 1 aliphatic heterocycles. The van der Waals surface area contributed by atoms with Gasteiger partial charge in [-0.05, 0) is 50.9 Å². The largest absolute Gasteiger partial charge is 0.317 e. The number of hydrogen-bond donors (Lipinski definition) is 2. The molecular weight excluding hydrogens is 256 g/mol. The average molecular weight is 274 g/mol. The van der Waals surface area contributed by atoms with E-state index in [4.69, 9.17) is 0 Å². The van der Waals surface area contributed by atoms with Gasteiger partial charge in [0, 0.05) is 11.4 Å². The lowest BCUT2D eigenvalue weighted by Crippen LogP contribution is -2.35. The van der Waals surface area contributed by atoms with Crippen LogP contribution < -0.4 is 10.0 Å². The summed E-state index contributed by atoms with van der Waals surface area (Å²) >= 11 is 1.32. The van der Waals surface area contributed by atoms with Crippen molar-refractivity contribution in [2.75, 3.05) is 19.6 Å². The zero-order chi connectivity index (χ0) is 12.3. The van der Waals surface area contributed by atoms with Crippen molar-refractivity contribution in [1.82, 2.24) is 10.0 Å². The maximum absolute atomic E-state index is 12.0. The minimum absolute atomic E-state index is 0.420. The summed E-state index contributed by atoms with van der Waals surface area (Å²) in [7, 11) is -3.29. The highest BCUT2D eigenvalue weighted by Crippen LogP contribution is 2.20. The molecule has 0 aromatic carbocycles. The number of aryl methyl sites for hydroxylation is 1. The molecule has 96 valence electrons. The van der Waals surface area contributed by atoms with E-state index in [-0.39, 0.29) is 0 Å². The summed E-state index contributed by atoms with van der Waals surface area (Å²) in [5.41, 5.74) is 0. The lowest BCUT2D eigenvalue weighted by atomic mass is 9.99. The SMILES string of the molecule is Cc1ccc(S(=O)(=O)NCC2CCNCC2)s1. The predicted molar refractivity (Wildman–Crippen MR) is 69.8 cm³/mol. The van der Waals surface area contributed by atoms with Crippen molar-refractivity contribution in [2.45, 2.75) is 24.0 Å². The molecule has 2 rings (SSSR count). The van der Waals surface area contributed by atoms with Gasteiger partial charge in [-0.3, -0.25) is 0 Å². The first-order valence-corrected chi connectivity index (χ1v) is 8.15. The third-order valence-electron chi connectivity index (χ3n) is 3.00. The quantitative estimate of drug-likeness (QED) is 0.871. The molecule has 0 radical (unpaired) electrons. The van der Waals surface area contributed by atoms with Crippen molar-refractivity contribution in [2.24, 2.45) is 5.92 Å². The zero-order valence-electron chi connectivity index (χ0n) is 9.90. The Morgan fingerprint density at radius 2 is 2.12 bits per heavy atom. The van der Waals surface area contributed by atoms with Crippen LogP contribution in [0.5, 0.6) is 0 Å². The lowest BCUT2D eigenvalue weighted by Gasteiger charge is -2.22. The molecular formula is C11H18N2O2S2. The van der Waals surface area contributed by atoms with E-state index in [0.29, 0.717) is 16.7 Å².